The van der Waals surface area contributed by atoms with Crippen molar-refractivity contribution in [3.63, 3.8) is 0 Å². The molecule has 3 aromatic rings. The summed E-state index contributed by atoms with van der Waals surface area (Å²) in [5.74, 6) is 0.137. The van der Waals surface area contributed by atoms with Crippen molar-refractivity contribution < 1.29 is 5.11 Å². The van der Waals surface area contributed by atoms with Crippen molar-refractivity contribution in [2.75, 3.05) is 0 Å². The fraction of sp³-hybridized carbons (Fsp3) is 0. The van der Waals surface area contributed by atoms with Crippen molar-refractivity contribution in [2.45, 2.75) is 0 Å². The van der Waals surface area contributed by atoms with Crippen molar-refractivity contribution in [3.8, 4) is 16.3 Å². The smallest absolute Gasteiger partial charge is 0.144 e. The Hall–Kier alpha value is -1.65. The van der Waals surface area contributed by atoms with E-state index < -0.39 is 0 Å². The van der Waals surface area contributed by atoms with Crippen molar-refractivity contribution in [2.24, 2.45) is 0 Å². The van der Waals surface area contributed by atoms with Gasteiger partial charge in [-0.3, -0.25) is 4.98 Å². The summed E-state index contributed by atoms with van der Waals surface area (Å²) < 4.78 is 1.00. The van der Waals surface area contributed by atoms with E-state index in [9.17, 15) is 5.11 Å². The molecule has 0 aliphatic rings. The second-order valence-corrected chi connectivity index (χ2v) is 4.99. The van der Waals surface area contributed by atoms with Crippen molar-refractivity contribution in [1.82, 2.24) is 9.97 Å². The fourth-order valence-electron chi connectivity index (χ4n) is 1.58. The van der Waals surface area contributed by atoms with Gasteiger partial charge in [0.2, 0.25) is 0 Å². The SMILES string of the molecule is Oc1cnccc1-c1nc2ccc(Cl)cc2s1. The number of halogens is 1. The largest absolute Gasteiger partial charge is 0.506 e. The summed E-state index contributed by atoms with van der Waals surface area (Å²) in [5, 5.41) is 11.2. The quantitative estimate of drug-likeness (QED) is 0.727. The molecule has 0 saturated heterocycles. The average molecular weight is 263 g/mol. The van der Waals surface area contributed by atoms with Gasteiger partial charge in [0.05, 0.1) is 22.0 Å². The number of benzene rings is 1. The van der Waals surface area contributed by atoms with Gasteiger partial charge in [-0.1, -0.05) is 11.6 Å². The van der Waals surface area contributed by atoms with Gasteiger partial charge in [0.25, 0.3) is 0 Å². The lowest BCUT2D eigenvalue weighted by Crippen LogP contribution is -1.78. The van der Waals surface area contributed by atoms with Crippen LogP contribution in [0.3, 0.4) is 0 Å². The monoisotopic (exact) mass is 262 g/mol. The number of hydrogen-bond acceptors (Lipinski definition) is 4. The molecule has 0 amide bonds. The Kier molecular flexibility index (Phi) is 2.46. The predicted molar refractivity (Wildman–Crippen MR) is 69.5 cm³/mol. The van der Waals surface area contributed by atoms with Gasteiger partial charge >= 0.3 is 0 Å². The molecule has 0 fully saturated rings. The lowest BCUT2D eigenvalue weighted by Gasteiger charge is -1.97. The van der Waals surface area contributed by atoms with Crippen LogP contribution in [-0.4, -0.2) is 15.1 Å². The highest BCUT2D eigenvalue weighted by molar-refractivity contribution is 7.21. The minimum Gasteiger partial charge on any atom is -0.506 e. The summed E-state index contributed by atoms with van der Waals surface area (Å²) in [6, 6.07) is 7.29. The average Bonchev–Trinajstić information content (AvgIpc) is 2.72. The first kappa shape index (κ1) is 10.5. The van der Waals surface area contributed by atoms with Crippen molar-refractivity contribution >= 4 is 33.2 Å². The number of rotatable bonds is 1. The molecule has 1 N–H and O–H groups in total. The number of hydrogen-bond donors (Lipinski definition) is 1. The van der Waals surface area contributed by atoms with Gasteiger partial charge in [0.1, 0.15) is 10.8 Å². The summed E-state index contributed by atoms with van der Waals surface area (Å²) in [7, 11) is 0. The Labute approximate surface area is 106 Å². The van der Waals surface area contributed by atoms with Gasteiger partial charge in [-0.05, 0) is 24.3 Å². The first-order valence-corrected chi connectivity index (χ1v) is 6.13. The zero-order valence-electron chi connectivity index (χ0n) is 8.59. The lowest BCUT2D eigenvalue weighted by molar-refractivity contribution is 0.474. The molecule has 0 aliphatic heterocycles. The molecule has 84 valence electrons. The number of fused-ring (bicyclic) bond motifs is 1. The van der Waals surface area contributed by atoms with Gasteiger partial charge in [-0.2, -0.15) is 0 Å². The maximum Gasteiger partial charge on any atom is 0.144 e. The Bertz CT molecular complexity index is 696. The van der Waals surface area contributed by atoms with E-state index >= 15 is 0 Å². The zero-order valence-corrected chi connectivity index (χ0v) is 10.2. The number of nitrogens with zero attached hydrogens (tertiary/aromatic N) is 2. The molecular formula is C12H7ClN2OS. The summed E-state index contributed by atoms with van der Waals surface area (Å²) in [6.07, 6.45) is 3.04. The molecule has 3 nitrogen and oxygen atoms in total. The number of thiazole rings is 1. The van der Waals surface area contributed by atoms with Crippen LogP contribution < -0.4 is 0 Å². The first-order chi connectivity index (χ1) is 8.24. The van der Waals surface area contributed by atoms with Crippen LogP contribution in [0.1, 0.15) is 0 Å². The van der Waals surface area contributed by atoms with Gasteiger partial charge in [-0.15, -0.1) is 11.3 Å². The molecule has 5 heteroatoms. The van der Waals surface area contributed by atoms with E-state index in [0.29, 0.717) is 10.6 Å². The minimum atomic E-state index is 0.137. The molecule has 0 atom stereocenters. The molecule has 0 aliphatic carbocycles. The third kappa shape index (κ3) is 1.85. The molecule has 0 unspecified atom stereocenters. The first-order valence-electron chi connectivity index (χ1n) is 4.93. The summed E-state index contributed by atoms with van der Waals surface area (Å²) >= 11 is 7.42. The van der Waals surface area contributed by atoms with E-state index in [1.165, 1.54) is 17.5 Å². The van der Waals surface area contributed by atoms with E-state index in [0.717, 1.165) is 15.2 Å². The second kappa shape index (κ2) is 3.98. The molecular weight excluding hydrogens is 256 g/mol. The highest BCUT2D eigenvalue weighted by Crippen LogP contribution is 2.35. The molecule has 2 aromatic heterocycles. The van der Waals surface area contributed by atoms with Gasteiger partial charge in [0, 0.05) is 11.2 Å². The van der Waals surface area contributed by atoms with Crippen LogP contribution in [0.2, 0.25) is 5.02 Å². The van der Waals surface area contributed by atoms with Gasteiger partial charge in [-0.25, -0.2) is 4.98 Å². The van der Waals surface area contributed by atoms with Crippen LogP contribution in [0.25, 0.3) is 20.8 Å². The molecule has 0 spiro atoms. The highest BCUT2D eigenvalue weighted by Gasteiger charge is 2.10. The van der Waals surface area contributed by atoms with Gasteiger partial charge < -0.3 is 5.11 Å². The summed E-state index contributed by atoms with van der Waals surface area (Å²) in [4.78, 5) is 8.30. The van der Waals surface area contributed by atoms with Crippen LogP contribution in [0, 0.1) is 0 Å². The fourth-order valence-corrected chi connectivity index (χ4v) is 2.86. The molecule has 0 bridgehead atoms. The highest BCUT2D eigenvalue weighted by atomic mass is 35.5. The van der Waals surface area contributed by atoms with E-state index in [-0.39, 0.29) is 5.75 Å². The molecule has 17 heavy (non-hydrogen) atoms. The maximum atomic E-state index is 9.72. The Morgan fingerprint density at radius 1 is 1.24 bits per heavy atom. The Balaban J connectivity index is 2.22. The number of pyridine rings is 1. The van der Waals surface area contributed by atoms with E-state index in [1.807, 2.05) is 12.1 Å². The van der Waals surface area contributed by atoms with Crippen LogP contribution in [0.4, 0.5) is 0 Å². The normalized spacial score (nSPS) is 10.9. The Morgan fingerprint density at radius 2 is 2.12 bits per heavy atom. The third-order valence-electron chi connectivity index (χ3n) is 2.38. The van der Waals surface area contributed by atoms with E-state index in [2.05, 4.69) is 9.97 Å². The number of aromatic nitrogens is 2. The second-order valence-electron chi connectivity index (χ2n) is 3.52. The molecule has 0 radical (unpaired) electrons. The van der Waals surface area contributed by atoms with Crippen molar-refractivity contribution in [3.05, 3.63) is 41.7 Å². The zero-order chi connectivity index (χ0) is 11.8. The van der Waals surface area contributed by atoms with Crippen LogP contribution in [0.15, 0.2) is 36.7 Å². The van der Waals surface area contributed by atoms with Gasteiger partial charge in [0.15, 0.2) is 0 Å². The predicted octanol–water partition coefficient (Wildman–Crippen LogP) is 3.72. The molecule has 0 saturated carbocycles. The van der Waals surface area contributed by atoms with Crippen LogP contribution in [-0.2, 0) is 0 Å². The molecule has 3 rings (SSSR count). The molecule has 2 heterocycles. The summed E-state index contributed by atoms with van der Waals surface area (Å²) in [5.41, 5.74) is 1.57. The van der Waals surface area contributed by atoms with E-state index in [4.69, 9.17) is 11.6 Å². The maximum absolute atomic E-state index is 9.72. The summed E-state index contributed by atoms with van der Waals surface area (Å²) in [6.45, 7) is 0. The molecule has 1 aromatic carbocycles. The Morgan fingerprint density at radius 3 is 2.94 bits per heavy atom. The minimum absolute atomic E-state index is 0.137. The number of aromatic hydroxyl groups is 1. The van der Waals surface area contributed by atoms with Crippen molar-refractivity contribution in [1.29, 1.82) is 0 Å². The standard InChI is InChI=1S/C12H7ClN2OS/c13-7-1-2-9-11(5-7)17-12(15-9)8-3-4-14-6-10(8)16/h1-6,16H. The van der Waals surface area contributed by atoms with E-state index in [1.54, 1.807) is 18.3 Å². The topological polar surface area (TPSA) is 46.0 Å². The van der Waals surface area contributed by atoms with Crippen LogP contribution >= 0.6 is 22.9 Å². The lowest BCUT2D eigenvalue weighted by atomic mass is 10.2. The third-order valence-corrected chi connectivity index (χ3v) is 3.67. The van der Waals surface area contributed by atoms with Crippen LogP contribution in [0.5, 0.6) is 5.75 Å².